The van der Waals surface area contributed by atoms with Crippen molar-refractivity contribution in [1.29, 1.82) is 0 Å². The van der Waals surface area contributed by atoms with Crippen molar-refractivity contribution in [2.45, 2.75) is 44.3 Å². The fourth-order valence-corrected chi connectivity index (χ4v) is 5.67. The van der Waals surface area contributed by atoms with E-state index in [1.54, 1.807) is 30.3 Å². The third-order valence-electron chi connectivity index (χ3n) is 7.36. The summed E-state index contributed by atoms with van der Waals surface area (Å²) < 4.78 is 12.5. The summed E-state index contributed by atoms with van der Waals surface area (Å²) in [6.07, 6.45) is 1.40. The van der Waals surface area contributed by atoms with E-state index in [1.807, 2.05) is 15.5 Å². The van der Waals surface area contributed by atoms with Gasteiger partial charge in [-0.3, -0.25) is 19.3 Å². The van der Waals surface area contributed by atoms with Gasteiger partial charge in [-0.05, 0) is 42.5 Å². The molecule has 2 fully saturated rings. The topological polar surface area (TPSA) is 110 Å². The number of pyridine rings is 1. The Kier molecular flexibility index (Phi) is 5.23. The Balaban J connectivity index is 1.06. The number of carbonyl (C=O) groups excluding carboxylic acids is 3. The third-order valence-corrected chi connectivity index (χ3v) is 7.36. The number of rotatable bonds is 5. The molecule has 10 nitrogen and oxygen atoms in total. The van der Waals surface area contributed by atoms with E-state index in [2.05, 4.69) is 5.32 Å². The number of fused-ring (bicyclic) bond motifs is 5. The molecule has 4 amide bonds. The lowest BCUT2D eigenvalue weighted by Crippen LogP contribution is -2.49. The molecule has 5 heterocycles. The second-order valence-electron chi connectivity index (χ2n) is 9.65. The van der Waals surface area contributed by atoms with Crippen molar-refractivity contribution in [1.82, 2.24) is 19.7 Å². The molecule has 0 saturated carbocycles. The van der Waals surface area contributed by atoms with Crippen molar-refractivity contribution in [2.75, 3.05) is 19.9 Å². The SMILES string of the molecule is O=C(CC[C@H]1NC(=O)N(Cc2ccc3c(c2)OCO3)C1=O)N1C[C@H]2C[C@@H](C1)c1cccc(=O)n1C2. The summed E-state index contributed by atoms with van der Waals surface area (Å²) in [5.41, 5.74) is 1.76. The maximum Gasteiger partial charge on any atom is 0.325 e. The number of likely N-dealkylation sites (tertiary alicyclic amines) is 1. The van der Waals surface area contributed by atoms with E-state index in [-0.39, 0.29) is 55.4 Å². The molecule has 0 unspecified atom stereocenters. The lowest BCUT2D eigenvalue weighted by molar-refractivity contribution is -0.134. The molecule has 3 atom stereocenters. The van der Waals surface area contributed by atoms with Crippen molar-refractivity contribution >= 4 is 17.8 Å². The van der Waals surface area contributed by atoms with Gasteiger partial charge < -0.3 is 24.3 Å². The first kappa shape index (κ1) is 21.7. The Labute approximate surface area is 201 Å². The molecule has 0 radical (unpaired) electrons. The zero-order valence-corrected chi connectivity index (χ0v) is 19.1. The van der Waals surface area contributed by atoms with Gasteiger partial charge in [0.2, 0.25) is 12.7 Å². The number of hydrogen-bond donors (Lipinski definition) is 1. The Morgan fingerprint density at radius 2 is 1.89 bits per heavy atom. The standard InChI is InChI=1S/C25H26N4O6/c30-22(27-10-16-8-17(13-27)19-2-1-3-23(31)28(19)12-16)7-5-18-24(32)29(25(33)26-18)11-15-4-6-20-21(9-15)35-14-34-20/h1-4,6,9,16-18H,5,7-8,10-14H2,(H,26,33)/t16-,17+,18-/m1/s1. The summed E-state index contributed by atoms with van der Waals surface area (Å²) in [4.78, 5) is 53.6. The summed E-state index contributed by atoms with van der Waals surface area (Å²) in [5, 5.41) is 2.72. The third kappa shape index (κ3) is 3.92. The van der Waals surface area contributed by atoms with Crippen LogP contribution < -0.4 is 20.3 Å². The number of nitrogens with zero attached hydrogens (tertiary/aromatic N) is 3. The van der Waals surface area contributed by atoms with Gasteiger partial charge in [0, 0.05) is 43.7 Å². The number of benzene rings is 1. The van der Waals surface area contributed by atoms with Crippen LogP contribution in [-0.4, -0.2) is 58.1 Å². The molecule has 2 aromatic rings. The number of hydrogen-bond acceptors (Lipinski definition) is 6. The number of nitrogens with one attached hydrogen (secondary N) is 1. The minimum absolute atomic E-state index is 0.0118. The fourth-order valence-electron chi connectivity index (χ4n) is 5.67. The number of urea groups is 1. The van der Waals surface area contributed by atoms with Gasteiger partial charge >= 0.3 is 6.03 Å². The molecule has 0 spiro atoms. The summed E-state index contributed by atoms with van der Waals surface area (Å²) in [6, 6.07) is 9.47. The number of piperidine rings is 1. The maximum absolute atomic E-state index is 13.0. The van der Waals surface area contributed by atoms with Crippen LogP contribution in [0.3, 0.4) is 0 Å². The molecular weight excluding hydrogens is 452 g/mol. The highest BCUT2D eigenvalue weighted by atomic mass is 16.7. The van der Waals surface area contributed by atoms with E-state index in [4.69, 9.17) is 9.47 Å². The first-order valence-electron chi connectivity index (χ1n) is 11.9. The molecule has 1 N–H and O–H groups in total. The molecule has 4 aliphatic rings. The first-order chi connectivity index (χ1) is 17.0. The molecule has 1 aromatic carbocycles. The predicted molar refractivity (Wildman–Crippen MR) is 123 cm³/mol. The molecule has 2 saturated heterocycles. The molecule has 0 aliphatic carbocycles. The molecule has 4 aliphatic heterocycles. The lowest BCUT2D eigenvalue weighted by atomic mass is 9.83. The van der Waals surface area contributed by atoms with Crippen LogP contribution in [0.15, 0.2) is 41.2 Å². The van der Waals surface area contributed by atoms with Crippen molar-refractivity contribution in [2.24, 2.45) is 5.92 Å². The summed E-state index contributed by atoms with van der Waals surface area (Å²) in [5.74, 6) is 1.27. The molecule has 2 bridgehead atoms. The fraction of sp³-hybridized carbons (Fsp3) is 0.440. The summed E-state index contributed by atoms with van der Waals surface area (Å²) in [7, 11) is 0. The zero-order chi connectivity index (χ0) is 24.1. The van der Waals surface area contributed by atoms with Crippen LogP contribution in [0, 0.1) is 5.92 Å². The molecule has 10 heteroatoms. The van der Waals surface area contributed by atoms with E-state index in [0.717, 1.165) is 17.7 Å². The monoisotopic (exact) mass is 478 g/mol. The number of imide groups is 1. The van der Waals surface area contributed by atoms with Crippen molar-refractivity contribution in [3.63, 3.8) is 0 Å². The van der Waals surface area contributed by atoms with Crippen LogP contribution in [0.4, 0.5) is 4.79 Å². The van der Waals surface area contributed by atoms with Gasteiger partial charge in [-0.15, -0.1) is 0 Å². The van der Waals surface area contributed by atoms with E-state index < -0.39 is 12.1 Å². The second-order valence-corrected chi connectivity index (χ2v) is 9.65. The quantitative estimate of drug-likeness (QED) is 0.651. The Morgan fingerprint density at radius 3 is 2.77 bits per heavy atom. The van der Waals surface area contributed by atoms with Gasteiger partial charge in [0.05, 0.1) is 6.54 Å². The van der Waals surface area contributed by atoms with Crippen LogP contribution in [-0.2, 0) is 22.7 Å². The van der Waals surface area contributed by atoms with Crippen molar-refractivity contribution in [3.05, 3.63) is 58.0 Å². The number of aromatic nitrogens is 1. The van der Waals surface area contributed by atoms with Gasteiger partial charge in [0.1, 0.15) is 6.04 Å². The van der Waals surface area contributed by atoms with Gasteiger partial charge in [-0.25, -0.2) is 4.79 Å². The predicted octanol–water partition coefficient (Wildman–Crippen LogP) is 1.42. The van der Waals surface area contributed by atoms with E-state index in [9.17, 15) is 19.2 Å². The van der Waals surface area contributed by atoms with E-state index >= 15 is 0 Å². The normalized spacial score (nSPS) is 24.4. The van der Waals surface area contributed by atoms with Crippen LogP contribution in [0.5, 0.6) is 11.5 Å². The largest absolute Gasteiger partial charge is 0.454 e. The van der Waals surface area contributed by atoms with Crippen molar-refractivity contribution in [3.8, 4) is 11.5 Å². The Hall–Kier alpha value is -3.82. The summed E-state index contributed by atoms with van der Waals surface area (Å²) >= 11 is 0. The zero-order valence-electron chi connectivity index (χ0n) is 19.1. The molecule has 6 rings (SSSR count). The van der Waals surface area contributed by atoms with Gasteiger partial charge in [0.25, 0.3) is 11.5 Å². The van der Waals surface area contributed by atoms with E-state index in [1.165, 1.54) is 4.90 Å². The van der Waals surface area contributed by atoms with Gasteiger partial charge in [0.15, 0.2) is 11.5 Å². The molecule has 35 heavy (non-hydrogen) atoms. The van der Waals surface area contributed by atoms with Crippen molar-refractivity contribution < 1.29 is 23.9 Å². The minimum atomic E-state index is -0.718. The Morgan fingerprint density at radius 1 is 1.03 bits per heavy atom. The Bertz CT molecular complexity index is 1270. The first-order valence-corrected chi connectivity index (χ1v) is 11.9. The number of amides is 4. The highest BCUT2D eigenvalue weighted by Gasteiger charge is 2.40. The number of ether oxygens (including phenoxy) is 2. The average Bonchev–Trinajstić information content (AvgIpc) is 3.42. The lowest BCUT2D eigenvalue weighted by Gasteiger charge is -2.42. The van der Waals surface area contributed by atoms with Crippen LogP contribution in [0.25, 0.3) is 0 Å². The van der Waals surface area contributed by atoms with Crippen LogP contribution >= 0.6 is 0 Å². The number of carbonyl (C=O) groups is 3. The smallest absolute Gasteiger partial charge is 0.325 e. The van der Waals surface area contributed by atoms with Gasteiger partial charge in [-0.1, -0.05) is 12.1 Å². The maximum atomic E-state index is 13.0. The molecular formula is C25H26N4O6. The van der Waals surface area contributed by atoms with Crippen LogP contribution in [0.2, 0.25) is 0 Å². The van der Waals surface area contributed by atoms with Gasteiger partial charge in [-0.2, -0.15) is 0 Å². The van der Waals surface area contributed by atoms with Crippen LogP contribution in [0.1, 0.15) is 36.4 Å². The highest BCUT2D eigenvalue weighted by Crippen LogP contribution is 2.35. The second kappa shape index (κ2) is 8.44. The summed E-state index contributed by atoms with van der Waals surface area (Å²) in [6.45, 7) is 2.08. The van der Waals surface area contributed by atoms with E-state index in [0.29, 0.717) is 31.1 Å². The molecule has 182 valence electrons. The average molecular weight is 479 g/mol. The molecule has 1 aromatic heterocycles. The highest BCUT2D eigenvalue weighted by molar-refractivity contribution is 6.04. The minimum Gasteiger partial charge on any atom is -0.454 e.